The minimum absolute atomic E-state index is 0.214. The molecule has 0 aliphatic heterocycles. The molecule has 3 aromatic heterocycles. The van der Waals surface area contributed by atoms with Crippen molar-refractivity contribution in [3.8, 4) is 0 Å². The second kappa shape index (κ2) is 11.4. The number of rotatable bonds is 7. The fourth-order valence-electron chi connectivity index (χ4n) is 3.34. The molecule has 1 aliphatic carbocycles. The third kappa shape index (κ3) is 5.56. The highest BCUT2D eigenvalue weighted by Crippen LogP contribution is 2.26. The number of aromatic nitrogens is 4. The van der Waals surface area contributed by atoms with Gasteiger partial charge in [-0.1, -0.05) is 26.8 Å². The molecule has 0 bridgehead atoms. The van der Waals surface area contributed by atoms with Gasteiger partial charge in [0.05, 0.1) is 12.2 Å². The number of aliphatic imine (C=N–C) groups is 1. The van der Waals surface area contributed by atoms with Crippen LogP contribution in [0.4, 0.5) is 21.7 Å². The molecule has 2 unspecified atom stereocenters. The average Bonchev–Trinajstić information content (AvgIpc) is 3.38. The van der Waals surface area contributed by atoms with Crippen LogP contribution in [-0.4, -0.2) is 50.2 Å². The molecular weight excluding hydrogens is 451 g/mol. The van der Waals surface area contributed by atoms with E-state index >= 15 is 0 Å². The van der Waals surface area contributed by atoms with Crippen molar-refractivity contribution in [2.45, 2.75) is 52.8 Å². The van der Waals surface area contributed by atoms with Gasteiger partial charge in [-0.05, 0) is 19.1 Å². The molecule has 1 aliphatic rings. The van der Waals surface area contributed by atoms with Gasteiger partial charge in [0.1, 0.15) is 34.9 Å². The van der Waals surface area contributed by atoms with Crippen molar-refractivity contribution in [2.24, 2.45) is 4.99 Å². The molecule has 35 heavy (non-hydrogen) atoms. The van der Waals surface area contributed by atoms with E-state index in [0.29, 0.717) is 36.0 Å². The van der Waals surface area contributed by atoms with E-state index in [9.17, 15) is 14.0 Å². The van der Waals surface area contributed by atoms with E-state index in [-0.39, 0.29) is 16.8 Å². The number of pyridine rings is 1. The molecule has 0 aromatic carbocycles. The Balaban J connectivity index is 0.00000167. The monoisotopic (exact) mass is 482 g/mol. The zero-order chi connectivity index (χ0) is 25.5. The first-order valence-corrected chi connectivity index (χ1v) is 11.6. The van der Waals surface area contributed by atoms with Gasteiger partial charge in [0.2, 0.25) is 0 Å². The largest absolute Gasteiger partial charge is 0.373 e. The molecule has 10 nitrogen and oxygen atoms in total. The summed E-state index contributed by atoms with van der Waals surface area (Å²) in [5.41, 5.74) is 0.496. The standard InChI is InChI=1S/C22H25FN8O2.C2H6/c1-4-8-25-18(5-2)30-9-6-7-15(22(30)33)27-17-11-19(24-3)31-20(29-17)13(12-26-31)21(32)28-16-10-14(16)23;1-2/h4,6-9,11-12,14,16,24H,5,10H2,1-3H3,(H,27,29)(H,28,32);1-2H3/b8-4-,25-18?;. The van der Waals surface area contributed by atoms with E-state index in [1.807, 2.05) is 27.7 Å². The summed E-state index contributed by atoms with van der Waals surface area (Å²) in [6, 6.07) is 4.58. The van der Waals surface area contributed by atoms with Crippen molar-refractivity contribution in [3.05, 3.63) is 58.8 Å². The van der Waals surface area contributed by atoms with Crippen LogP contribution in [0.3, 0.4) is 0 Å². The van der Waals surface area contributed by atoms with Crippen LogP contribution in [0.2, 0.25) is 0 Å². The van der Waals surface area contributed by atoms with Gasteiger partial charge in [-0.2, -0.15) is 9.61 Å². The minimum Gasteiger partial charge on any atom is -0.373 e. The number of fused-ring (bicyclic) bond motifs is 1. The predicted molar refractivity (Wildman–Crippen MR) is 137 cm³/mol. The third-order valence-corrected chi connectivity index (χ3v) is 5.18. The van der Waals surface area contributed by atoms with Gasteiger partial charge in [-0.25, -0.2) is 14.4 Å². The van der Waals surface area contributed by atoms with E-state index in [2.05, 4.69) is 31.0 Å². The Bertz CT molecular complexity index is 1310. The molecule has 4 rings (SSSR count). The average molecular weight is 483 g/mol. The number of amides is 1. The molecule has 1 fully saturated rings. The SMILES string of the molecule is C/C=C\N=C(CC)n1cccc(Nc2cc(NC)n3ncc(C(=O)NC4CC4F)c3n2)c1=O.CC. The normalized spacial score (nSPS) is 17.1. The highest BCUT2D eigenvalue weighted by atomic mass is 19.1. The Hall–Kier alpha value is -4.02. The number of hydrogen-bond acceptors (Lipinski definition) is 7. The van der Waals surface area contributed by atoms with E-state index in [4.69, 9.17) is 0 Å². The second-order valence-electron chi connectivity index (χ2n) is 7.51. The van der Waals surface area contributed by atoms with Crippen LogP contribution in [0.25, 0.3) is 5.65 Å². The summed E-state index contributed by atoms with van der Waals surface area (Å²) < 4.78 is 16.2. The molecule has 186 valence electrons. The zero-order valence-corrected chi connectivity index (χ0v) is 20.5. The lowest BCUT2D eigenvalue weighted by Crippen LogP contribution is -2.28. The lowest BCUT2D eigenvalue weighted by Gasteiger charge is -2.12. The van der Waals surface area contributed by atoms with Crippen LogP contribution in [0, 0.1) is 0 Å². The lowest BCUT2D eigenvalue weighted by atomic mass is 10.3. The number of nitrogens with one attached hydrogen (secondary N) is 3. The fraction of sp³-hybridized carbons (Fsp3) is 0.375. The van der Waals surface area contributed by atoms with Crippen molar-refractivity contribution in [3.63, 3.8) is 0 Å². The smallest absolute Gasteiger partial charge is 0.279 e. The molecule has 2 atom stereocenters. The first-order chi connectivity index (χ1) is 17.0. The van der Waals surface area contributed by atoms with Gasteiger partial charge >= 0.3 is 0 Å². The number of hydrogen-bond donors (Lipinski definition) is 3. The molecule has 1 amide bonds. The number of nitrogens with zero attached hydrogens (tertiary/aromatic N) is 5. The van der Waals surface area contributed by atoms with E-state index in [1.54, 1.807) is 43.7 Å². The summed E-state index contributed by atoms with van der Waals surface area (Å²) in [6.07, 6.45) is 6.33. The van der Waals surface area contributed by atoms with Gasteiger partial charge in [-0.3, -0.25) is 14.2 Å². The van der Waals surface area contributed by atoms with Crippen LogP contribution in [-0.2, 0) is 0 Å². The Kier molecular flexibility index (Phi) is 8.34. The summed E-state index contributed by atoms with van der Waals surface area (Å²) in [4.78, 5) is 34.5. The van der Waals surface area contributed by atoms with Crippen LogP contribution in [0.1, 0.15) is 50.9 Å². The van der Waals surface area contributed by atoms with E-state index in [1.165, 1.54) is 15.3 Å². The maximum atomic E-state index is 13.2. The molecule has 11 heteroatoms. The van der Waals surface area contributed by atoms with Gasteiger partial charge in [0.25, 0.3) is 11.5 Å². The Morgan fingerprint density at radius 1 is 1.37 bits per heavy atom. The summed E-state index contributed by atoms with van der Waals surface area (Å²) in [7, 11) is 1.71. The van der Waals surface area contributed by atoms with E-state index < -0.39 is 18.1 Å². The summed E-state index contributed by atoms with van der Waals surface area (Å²) in [5.74, 6) is 1.05. The summed E-state index contributed by atoms with van der Waals surface area (Å²) in [5, 5.41) is 12.9. The predicted octanol–water partition coefficient (Wildman–Crippen LogP) is 3.73. The second-order valence-corrected chi connectivity index (χ2v) is 7.51. The number of anilines is 3. The summed E-state index contributed by atoms with van der Waals surface area (Å²) >= 11 is 0. The first-order valence-electron chi connectivity index (χ1n) is 11.6. The number of halogens is 1. The molecule has 0 saturated heterocycles. The number of allylic oxidation sites excluding steroid dienone is 1. The quantitative estimate of drug-likeness (QED) is 0.349. The maximum Gasteiger partial charge on any atom is 0.279 e. The number of alkyl halides is 1. The fourth-order valence-corrected chi connectivity index (χ4v) is 3.34. The lowest BCUT2D eigenvalue weighted by molar-refractivity contribution is 0.0949. The minimum atomic E-state index is -1.02. The first kappa shape index (κ1) is 25.6. The van der Waals surface area contributed by atoms with Crippen LogP contribution >= 0.6 is 0 Å². The molecule has 1 saturated carbocycles. The van der Waals surface area contributed by atoms with Gasteiger partial charge in [0.15, 0.2) is 5.65 Å². The maximum absolute atomic E-state index is 13.2. The van der Waals surface area contributed by atoms with Crippen LogP contribution < -0.4 is 21.5 Å². The zero-order valence-electron chi connectivity index (χ0n) is 20.5. The highest BCUT2D eigenvalue weighted by Gasteiger charge is 2.39. The number of carbonyl (C=O) groups excluding carboxylic acids is 1. The topological polar surface area (TPSA) is 118 Å². The van der Waals surface area contributed by atoms with E-state index in [0.717, 1.165) is 0 Å². The van der Waals surface area contributed by atoms with Crippen molar-refractivity contribution in [2.75, 3.05) is 17.7 Å². The molecule has 3 aromatic rings. The molecular formula is C24H31FN8O2. The van der Waals surface area contributed by atoms with Crippen molar-refractivity contribution in [1.82, 2.24) is 24.5 Å². The van der Waals surface area contributed by atoms with Gasteiger partial charge < -0.3 is 16.0 Å². The highest BCUT2D eigenvalue weighted by molar-refractivity contribution is 6.00. The van der Waals surface area contributed by atoms with Gasteiger partial charge in [0, 0.05) is 38.4 Å². The molecule has 3 N–H and O–H groups in total. The van der Waals surface area contributed by atoms with Crippen molar-refractivity contribution in [1.29, 1.82) is 0 Å². The Morgan fingerprint density at radius 2 is 2.11 bits per heavy atom. The summed E-state index contributed by atoms with van der Waals surface area (Å²) in [6.45, 7) is 7.77. The van der Waals surface area contributed by atoms with Crippen molar-refractivity contribution < 1.29 is 9.18 Å². The molecule has 3 heterocycles. The Morgan fingerprint density at radius 3 is 2.74 bits per heavy atom. The molecule has 0 radical (unpaired) electrons. The third-order valence-electron chi connectivity index (χ3n) is 5.18. The van der Waals surface area contributed by atoms with Crippen LogP contribution in [0.15, 0.2) is 52.7 Å². The van der Waals surface area contributed by atoms with Gasteiger partial charge in [-0.15, -0.1) is 0 Å². The molecule has 0 spiro atoms. The van der Waals surface area contributed by atoms with Crippen molar-refractivity contribution >= 4 is 34.7 Å². The number of carbonyl (C=O) groups is 1. The van der Waals surface area contributed by atoms with Crippen LogP contribution in [0.5, 0.6) is 0 Å². The Labute approximate surface area is 203 Å².